The number of ether oxygens (including phenoxy) is 2. The van der Waals surface area contributed by atoms with Crippen molar-refractivity contribution < 1.29 is 37.7 Å². The Hall–Kier alpha value is -5.48. The first-order valence-electron chi connectivity index (χ1n) is 19.0. The second-order valence-corrected chi connectivity index (χ2v) is 15.9. The second-order valence-electron chi connectivity index (χ2n) is 15.9. The van der Waals surface area contributed by atoms with Crippen molar-refractivity contribution in [2.24, 2.45) is 5.92 Å². The van der Waals surface area contributed by atoms with Gasteiger partial charge in [-0.15, -0.1) is 6.42 Å². The van der Waals surface area contributed by atoms with Crippen LogP contribution in [0.4, 0.5) is 19.0 Å². The minimum Gasteiger partial charge on any atom is -0.508 e. The molecule has 8 rings (SSSR count). The second kappa shape index (κ2) is 14.5. The lowest BCUT2D eigenvalue weighted by atomic mass is 9.79. The zero-order valence-electron chi connectivity index (χ0n) is 31.6. The van der Waals surface area contributed by atoms with E-state index in [-0.39, 0.29) is 101 Å². The molecule has 296 valence electrons. The Balaban J connectivity index is 1.28. The Morgan fingerprint density at radius 2 is 1.96 bits per heavy atom. The fourth-order valence-electron chi connectivity index (χ4n) is 9.52. The van der Waals surface area contributed by atoms with Crippen LogP contribution >= 0.6 is 0 Å². The predicted octanol–water partition coefficient (Wildman–Crippen LogP) is 5.04. The van der Waals surface area contributed by atoms with Crippen LogP contribution in [0, 0.1) is 41.2 Å². The van der Waals surface area contributed by atoms with E-state index >= 15 is 13.2 Å². The number of nitriles is 1. The molecule has 2 N–H and O–H groups in total. The molecule has 15 heteroatoms. The third-order valence-electron chi connectivity index (χ3n) is 12.3. The number of phenolic OH excluding ortho intramolecular Hbond substituents is 1. The molecule has 1 amide bonds. The zero-order valence-corrected chi connectivity index (χ0v) is 31.6. The number of aliphatic hydroxyl groups is 1. The number of pyridine rings is 1. The average molecular weight is 782 g/mol. The van der Waals surface area contributed by atoms with E-state index in [0.29, 0.717) is 37.9 Å². The summed E-state index contributed by atoms with van der Waals surface area (Å²) in [5.41, 5.74) is -3.30. The molecule has 0 spiro atoms. The van der Waals surface area contributed by atoms with Crippen LogP contribution in [0.5, 0.6) is 11.8 Å². The first kappa shape index (κ1) is 38.4. The van der Waals surface area contributed by atoms with E-state index in [1.807, 2.05) is 9.80 Å². The van der Waals surface area contributed by atoms with Crippen molar-refractivity contribution in [2.45, 2.75) is 75.0 Å². The number of carbonyl (C=O) groups excluding carboxylic acids is 1. The summed E-state index contributed by atoms with van der Waals surface area (Å²) in [4.78, 5) is 32.2. The van der Waals surface area contributed by atoms with Crippen molar-refractivity contribution in [3.8, 4) is 41.4 Å². The smallest absolute Gasteiger partial charge is 0.319 e. The Morgan fingerprint density at radius 1 is 1.19 bits per heavy atom. The molecule has 4 aromatic rings. The molecule has 4 fully saturated rings. The predicted molar refractivity (Wildman–Crippen MR) is 205 cm³/mol. The number of hydrogen-bond donors (Lipinski definition) is 2. The summed E-state index contributed by atoms with van der Waals surface area (Å²) < 4.78 is 59.7. The quantitative estimate of drug-likeness (QED) is 0.183. The number of hydrogen-bond acceptors (Lipinski definition) is 11. The van der Waals surface area contributed by atoms with Crippen molar-refractivity contribution in [1.29, 1.82) is 5.26 Å². The van der Waals surface area contributed by atoms with Gasteiger partial charge in [-0.05, 0) is 62.8 Å². The average Bonchev–Trinajstić information content (AvgIpc) is 3.66. The highest BCUT2D eigenvalue weighted by atomic mass is 19.1. The SMILES string of the molecule is C#Cc1c(F)ccc2cc(O)cc(-c3ncc4c(N5C[C@H]6CC(C#N)[C@@H](C5)N6C(=O)C=C)nc(OC[C@]5(C(C)(C)O)C[C@@H](F)CN5C5CCOCC5)nc4c3F)c12. The molecule has 2 aromatic heterocycles. The molecule has 0 saturated carbocycles. The normalized spacial score (nSPS) is 25.5. The molecule has 4 aliphatic rings. The van der Waals surface area contributed by atoms with Gasteiger partial charge in [0.2, 0.25) is 5.91 Å². The standard InChI is InChI=1S/C42H42F3N7O5/c1-5-29-32(44)8-7-23-14-28(53)15-30(35(23)29)37-36(45)38-31(18-47-37)39(50-20-27-13-24(17-46)33(21-50)52(27)34(54)6-2)49-40(48-38)57-22-42(41(3,4)55)16-25(43)19-51(42)26-9-11-56-12-10-26/h1,6-8,14-15,18,24-27,33,53,55H,2,9-13,16,19-22H2,3-4H3/t24?,25-,27-,33-,42+/m1/s1. The summed E-state index contributed by atoms with van der Waals surface area (Å²) in [5, 5.41) is 33.1. The molecule has 2 bridgehead atoms. The Kier molecular flexibility index (Phi) is 9.75. The van der Waals surface area contributed by atoms with Crippen molar-refractivity contribution in [2.75, 3.05) is 44.4 Å². The van der Waals surface area contributed by atoms with Crippen LogP contribution in [0.3, 0.4) is 0 Å². The van der Waals surface area contributed by atoms with Gasteiger partial charge in [-0.25, -0.2) is 13.2 Å². The van der Waals surface area contributed by atoms with Gasteiger partial charge >= 0.3 is 6.01 Å². The van der Waals surface area contributed by atoms with Gasteiger partial charge in [0.05, 0.1) is 46.2 Å². The maximum absolute atomic E-state index is 17.3. The summed E-state index contributed by atoms with van der Waals surface area (Å²) in [6.07, 6.45) is 8.72. The van der Waals surface area contributed by atoms with Gasteiger partial charge < -0.3 is 29.5 Å². The van der Waals surface area contributed by atoms with Crippen LogP contribution in [0.25, 0.3) is 32.9 Å². The summed E-state index contributed by atoms with van der Waals surface area (Å²) >= 11 is 0. The number of benzene rings is 2. The highest BCUT2D eigenvalue weighted by Crippen LogP contribution is 2.45. The summed E-state index contributed by atoms with van der Waals surface area (Å²) in [6.45, 7) is 8.10. The lowest BCUT2D eigenvalue weighted by Crippen LogP contribution is -2.65. The largest absolute Gasteiger partial charge is 0.508 e. The highest BCUT2D eigenvalue weighted by Gasteiger charge is 2.57. The van der Waals surface area contributed by atoms with Gasteiger partial charge in [0.1, 0.15) is 41.4 Å². The molecule has 6 heterocycles. The number of carbonyl (C=O) groups is 1. The molecule has 2 aromatic carbocycles. The van der Waals surface area contributed by atoms with E-state index < -0.39 is 40.9 Å². The third kappa shape index (κ3) is 6.38. The van der Waals surface area contributed by atoms with Gasteiger partial charge in [0.25, 0.3) is 0 Å². The first-order chi connectivity index (χ1) is 27.3. The lowest BCUT2D eigenvalue weighted by molar-refractivity contribution is -0.129. The molecule has 4 saturated heterocycles. The van der Waals surface area contributed by atoms with E-state index in [1.54, 1.807) is 18.7 Å². The number of terminal acetylenes is 1. The van der Waals surface area contributed by atoms with Crippen LogP contribution in [0.2, 0.25) is 0 Å². The Labute approximate surface area is 327 Å². The summed E-state index contributed by atoms with van der Waals surface area (Å²) in [5.74, 6) is -0.101. The number of anilines is 1. The Morgan fingerprint density at radius 3 is 2.67 bits per heavy atom. The molecule has 1 unspecified atom stereocenters. The maximum atomic E-state index is 17.3. The molecule has 4 aliphatic heterocycles. The number of phenols is 1. The first-order valence-corrected chi connectivity index (χ1v) is 19.0. The van der Waals surface area contributed by atoms with Crippen LogP contribution in [-0.2, 0) is 9.53 Å². The number of amides is 1. The number of rotatable bonds is 8. The summed E-state index contributed by atoms with van der Waals surface area (Å²) in [6, 6.07) is 6.30. The lowest BCUT2D eigenvalue weighted by Gasteiger charge is -2.49. The van der Waals surface area contributed by atoms with E-state index in [4.69, 9.17) is 20.9 Å². The van der Waals surface area contributed by atoms with Gasteiger partial charge in [-0.3, -0.25) is 14.7 Å². The fraction of sp³-hybridized carbons (Fsp3) is 0.452. The fourth-order valence-corrected chi connectivity index (χ4v) is 9.52. The molecular formula is C42H42F3N7O5. The van der Waals surface area contributed by atoms with Crippen molar-refractivity contribution in [3.05, 3.63) is 60.3 Å². The molecule has 57 heavy (non-hydrogen) atoms. The van der Waals surface area contributed by atoms with Gasteiger partial charge in [0.15, 0.2) is 5.82 Å². The van der Waals surface area contributed by atoms with Gasteiger partial charge in [0, 0.05) is 62.5 Å². The third-order valence-corrected chi connectivity index (χ3v) is 12.3. The van der Waals surface area contributed by atoms with Crippen LogP contribution < -0.4 is 9.64 Å². The number of fused-ring (bicyclic) bond motifs is 4. The molecule has 0 aliphatic carbocycles. The number of nitrogens with zero attached hydrogens (tertiary/aromatic N) is 7. The van der Waals surface area contributed by atoms with Crippen molar-refractivity contribution in [1.82, 2.24) is 24.8 Å². The molecular weight excluding hydrogens is 740 g/mol. The van der Waals surface area contributed by atoms with Crippen LogP contribution in [0.15, 0.2) is 43.1 Å². The van der Waals surface area contributed by atoms with Crippen molar-refractivity contribution >= 4 is 33.4 Å². The summed E-state index contributed by atoms with van der Waals surface area (Å²) in [7, 11) is 0. The van der Waals surface area contributed by atoms with Crippen LogP contribution in [0.1, 0.15) is 45.1 Å². The highest BCUT2D eigenvalue weighted by molar-refractivity contribution is 6.03. The molecule has 0 radical (unpaired) electrons. The van der Waals surface area contributed by atoms with Gasteiger partial charge in [-0.2, -0.15) is 15.2 Å². The van der Waals surface area contributed by atoms with E-state index in [0.717, 1.165) is 0 Å². The van der Waals surface area contributed by atoms with E-state index in [1.165, 1.54) is 36.5 Å². The number of halogens is 3. The molecule has 5 atom stereocenters. The van der Waals surface area contributed by atoms with Crippen LogP contribution in [-0.4, -0.2) is 116 Å². The zero-order chi connectivity index (χ0) is 40.4. The number of aromatic nitrogens is 3. The number of likely N-dealkylation sites (tertiary alicyclic amines) is 1. The maximum Gasteiger partial charge on any atom is 0.319 e. The monoisotopic (exact) mass is 781 g/mol. The number of piperazine rings is 1. The topological polar surface area (TPSA) is 148 Å². The minimum absolute atomic E-state index is 0.0268. The van der Waals surface area contributed by atoms with E-state index in [2.05, 4.69) is 28.5 Å². The van der Waals surface area contributed by atoms with Crippen molar-refractivity contribution in [3.63, 3.8) is 0 Å². The van der Waals surface area contributed by atoms with E-state index in [9.17, 15) is 20.3 Å². The number of alkyl halides is 1. The Bertz CT molecular complexity index is 2370. The number of aromatic hydroxyl groups is 1. The molecule has 12 nitrogen and oxygen atoms in total. The van der Waals surface area contributed by atoms with Gasteiger partial charge in [-0.1, -0.05) is 18.6 Å². The minimum atomic E-state index is -1.46.